The third-order valence-electron chi connectivity index (χ3n) is 5.42. The van der Waals surface area contributed by atoms with Gasteiger partial charge >= 0.3 is 0 Å². The highest BCUT2D eigenvalue weighted by molar-refractivity contribution is 7.94. The molecule has 1 aliphatic rings. The largest absolute Gasteiger partial charge is 0.344 e. The van der Waals surface area contributed by atoms with E-state index in [0.717, 1.165) is 31.4 Å². The van der Waals surface area contributed by atoms with Gasteiger partial charge in [0.25, 0.3) is 11.8 Å². The molecule has 0 bridgehead atoms. The fourth-order valence-corrected chi connectivity index (χ4v) is 4.55. The first kappa shape index (κ1) is 25.9. The number of aromatic nitrogens is 2. The Morgan fingerprint density at radius 1 is 1.26 bits per heavy atom. The molecule has 184 valence electrons. The van der Waals surface area contributed by atoms with Crippen molar-refractivity contribution in [3.05, 3.63) is 59.4 Å². The third kappa shape index (κ3) is 7.39. The average Bonchev–Trinajstić information content (AvgIpc) is 3.61. The van der Waals surface area contributed by atoms with Gasteiger partial charge in [-0.25, -0.2) is 13.4 Å². The predicted molar refractivity (Wildman–Crippen MR) is 127 cm³/mol. The second-order valence-electron chi connectivity index (χ2n) is 8.90. The lowest BCUT2D eigenvalue weighted by atomic mass is 10.1. The van der Waals surface area contributed by atoms with Crippen LogP contribution in [0.2, 0.25) is 0 Å². The van der Waals surface area contributed by atoms with Crippen LogP contribution < -0.4 is 5.32 Å². The minimum atomic E-state index is -3.41. The molecular formula is C24H30F2N4O3S. The quantitative estimate of drug-likeness (QED) is 0.515. The van der Waals surface area contributed by atoms with Crippen LogP contribution in [0.15, 0.2) is 48.0 Å². The van der Waals surface area contributed by atoms with Gasteiger partial charge in [-0.3, -0.25) is 9.78 Å². The Bertz CT molecular complexity index is 1130. The minimum absolute atomic E-state index is 0.0195. The van der Waals surface area contributed by atoms with Crippen molar-refractivity contribution in [3.63, 3.8) is 0 Å². The monoisotopic (exact) mass is 492 g/mol. The van der Waals surface area contributed by atoms with E-state index >= 15 is 0 Å². The smallest absolute Gasteiger partial charge is 0.289 e. The number of carbonyl (C=O) groups is 1. The highest BCUT2D eigenvalue weighted by atomic mass is 32.2. The Morgan fingerprint density at radius 2 is 1.94 bits per heavy atom. The van der Waals surface area contributed by atoms with Crippen molar-refractivity contribution in [2.45, 2.75) is 38.2 Å². The van der Waals surface area contributed by atoms with Gasteiger partial charge in [-0.05, 0) is 45.8 Å². The van der Waals surface area contributed by atoms with Crippen molar-refractivity contribution >= 4 is 15.7 Å². The maximum absolute atomic E-state index is 14.1. The Hall–Kier alpha value is -2.72. The van der Waals surface area contributed by atoms with Gasteiger partial charge in [-0.1, -0.05) is 36.4 Å². The van der Waals surface area contributed by atoms with E-state index in [-0.39, 0.29) is 23.1 Å². The molecule has 1 aromatic heterocycles. The lowest BCUT2D eigenvalue weighted by molar-refractivity contribution is 0.0130. The molecule has 1 aromatic carbocycles. The molecule has 1 heterocycles. The number of sulfone groups is 1. The molecule has 1 N–H and O–H groups in total. The number of hydrogen-bond donors (Lipinski definition) is 1. The second-order valence-corrected chi connectivity index (χ2v) is 10.9. The van der Waals surface area contributed by atoms with Crippen LogP contribution in [0, 0.1) is 5.92 Å². The van der Waals surface area contributed by atoms with Gasteiger partial charge in [-0.2, -0.15) is 8.78 Å². The fraction of sp³-hybridized carbons (Fsp3) is 0.458. The zero-order chi connectivity index (χ0) is 24.9. The molecule has 0 unspecified atom stereocenters. The summed E-state index contributed by atoms with van der Waals surface area (Å²) in [6, 6.07) is 7.88. The number of alkyl halides is 2. The van der Waals surface area contributed by atoms with Crippen molar-refractivity contribution in [2.24, 2.45) is 5.92 Å². The summed E-state index contributed by atoms with van der Waals surface area (Å²) in [7, 11) is 0.340. The normalized spacial score (nSPS) is 15.6. The maximum Gasteiger partial charge on any atom is 0.289 e. The summed E-state index contributed by atoms with van der Waals surface area (Å²) in [6.07, 6.45) is 4.75. The van der Waals surface area contributed by atoms with Crippen LogP contribution in [-0.4, -0.2) is 61.6 Å². The topological polar surface area (TPSA) is 92.3 Å². The summed E-state index contributed by atoms with van der Waals surface area (Å²) in [6.45, 7) is 1.39. The molecule has 1 amide bonds. The Morgan fingerprint density at radius 3 is 2.53 bits per heavy atom. The highest BCUT2D eigenvalue weighted by Gasteiger charge is 2.34. The SMILES string of the molecule is CN(C)CCCS(=O)(=O)/C=C/[C@@H](NC(=O)c1cnc(C(C)(F)F)c(-c2ccccc2)n1)C1CC1. The molecule has 34 heavy (non-hydrogen) atoms. The molecule has 1 aliphatic carbocycles. The summed E-state index contributed by atoms with van der Waals surface area (Å²) in [5.41, 5.74) is -0.274. The molecule has 0 aliphatic heterocycles. The first-order chi connectivity index (χ1) is 16.0. The van der Waals surface area contributed by atoms with E-state index in [2.05, 4.69) is 15.3 Å². The van der Waals surface area contributed by atoms with E-state index in [1.54, 1.807) is 30.3 Å². The van der Waals surface area contributed by atoms with Crippen LogP contribution >= 0.6 is 0 Å². The van der Waals surface area contributed by atoms with Gasteiger partial charge in [-0.15, -0.1) is 0 Å². The predicted octanol–water partition coefficient (Wildman–Crippen LogP) is 3.64. The van der Waals surface area contributed by atoms with E-state index in [1.807, 2.05) is 19.0 Å². The van der Waals surface area contributed by atoms with Crippen LogP contribution in [0.3, 0.4) is 0 Å². The summed E-state index contributed by atoms with van der Waals surface area (Å²) < 4.78 is 52.9. The molecule has 1 saturated carbocycles. The first-order valence-corrected chi connectivity index (χ1v) is 12.8. The van der Waals surface area contributed by atoms with Crippen LogP contribution in [-0.2, 0) is 15.8 Å². The third-order valence-corrected chi connectivity index (χ3v) is 6.85. The van der Waals surface area contributed by atoms with E-state index in [0.29, 0.717) is 18.5 Å². The van der Waals surface area contributed by atoms with Crippen LogP contribution in [0.4, 0.5) is 8.78 Å². The molecule has 2 aromatic rings. The van der Waals surface area contributed by atoms with Gasteiger partial charge < -0.3 is 10.2 Å². The number of carbonyl (C=O) groups excluding carboxylic acids is 1. The van der Waals surface area contributed by atoms with Gasteiger partial charge in [0.1, 0.15) is 11.4 Å². The zero-order valence-corrected chi connectivity index (χ0v) is 20.4. The van der Waals surface area contributed by atoms with Crippen molar-refractivity contribution in [1.82, 2.24) is 20.2 Å². The number of rotatable bonds is 11. The lowest BCUT2D eigenvalue weighted by Gasteiger charge is -2.17. The minimum Gasteiger partial charge on any atom is -0.344 e. The Labute approximate surface area is 199 Å². The number of hydrogen-bond acceptors (Lipinski definition) is 6. The lowest BCUT2D eigenvalue weighted by Crippen LogP contribution is -2.36. The summed E-state index contributed by atoms with van der Waals surface area (Å²) >= 11 is 0. The van der Waals surface area contributed by atoms with Crippen molar-refractivity contribution in [3.8, 4) is 11.3 Å². The van der Waals surface area contributed by atoms with E-state index in [1.165, 1.54) is 6.08 Å². The molecule has 1 fully saturated rings. The summed E-state index contributed by atoms with van der Waals surface area (Å²) in [4.78, 5) is 22.9. The van der Waals surface area contributed by atoms with Crippen molar-refractivity contribution in [1.29, 1.82) is 0 Å². The molecule has 0 radical (unpaired) electrons. The average molecular weight is 493 g/mol. The molecule has 10 heteroatoms. The highest BCUT2D eigenvalue weighted by Crippen LogP contribution is 2.34. The molecule has 1 atom stereocenters. The number of nitrogens with zero attached hydrogens (tertiary/aromatic N) is 3. The fourth-order valence-electron chi connectivity index (χ4n) is 3.48. The van der Waals surface area contributed by atoms with Crippen LogP contribution in [0.25, 0.3) is 11.3 Å². The zero-order valence-electron chi connectivity index (χ0n) is 19.5. The van der Waals surface area contributed by atoms with Crippen molar-refractivity contribution < 1.29 is 22.0 Å². The first-order valence-electron chi connectivity index (χ1n) is 11.1. The van der Waals surface area contributed by atoms with Gasteiger partial charge in [0.05, 0.1) is 23.7 Å². The van der Waals surface area contributed by atoms with E-state index in [9.17, 15) is 22.0 Å². The van der Waals surface area contributed by atoms with E-state index in [4.69, 9.17) is 0 Å². The van der Waals surface area contributed by atoms with Crippen LogP contribution in [0.5, 0.6) is 0 Å². The number of amides is 1. The summed E-state index contributed by atoms with van der Waals surface area (Å²) in [5, 5.41) is 3.95. The maximum atomic E-state index is 14.1. The molecular weight excluding hydrogens is 462 g/mol. The molecule has 0 spiro atoms. The van der Waals surface area contributed by atoms with Gasteiger partial charge in [0, 0.05) is 17.9 Å². The molecule has 3 rings (SSSR count). The number of benzene rings is 1. The second kappa shape index (κ2) is 10.7. The Kier molecular flexibility index (Phi) is 8.14. The number of halogens is 2. The van der Waals surface area contributed by atoms with Crippen LogP contribution in [0.1, 0.15) is 42.4 Å². The van der Waals surface area contributed by atoms with Gasteiger partial charge in [0.2, 0.25) is 0 Å². The van der Waals surface area contributed by atoms with E-state index < -0.39 is 33.4 Å². The summed E-state index contributed by atoms with van der Waals surface area (Å²) in [5.74, 6) is -3.70. The number of nitrogens with one attached hydrogen (secondary N) is 1. The molecule has 7 nitrogen and oxygen atoms in total. The molecule has 0 saturated heterocycles. The van der Waals surface area contributed by atoms with Crippen molar-refractivity contribution in [2.75, 3.05) is 26.4 Å². The standard InChI is InChI=1S/C24H30F2N4O3S/c1-24(25,26)22-21(18-8-5-4-6-9-18)28-20(16-27-22)23(31)29-19(17-10-11-17)12-15-34(32,33)14-7-13-30(2)3/h4-6,8-9,12,15-17,19H,7,10-11,13-14H2,1-3H3,(H,29,31)/b15-12+/t19-/m1/s1. The van der Waals surface area contributed by atoms with Gasteiger partial charge in [0.15, 0.2) is 9.84 Å². The Balaban J connectivity index is 1.79.